The van der Waals surface area contributed by atoms with Crippen LogP contribution in [0.2, 0.25) is 0 Å². The fraction of sp³-hybridized carbons (Fsp3) is 0.526. The first kappa shape index (κ1) is 15.8. The predicted octanol–water partition coefficient (Wildman–Crippen LogP) is 5.18. The second-order valence-corrected chi connectivity index (χ2v) is 6.98. The Balaban J connectivity index is 2.60. The van der Waals surface area contributed by atoms with Crippen LogP contribution in [-0.4, -0.2) is 15.8 Å². The zero-order valence-electron chi connectivity index (χ0n) is 14.5. The van der Waals surface area contributed by atoms with Crippen LogP contribution in [0.15, 0.2) is 23.2 Å². The van der Waals surface area contributed by atoms with E-state index in [1.165, 1.54) is 33.4 Å². The van der Waals surface area contributed by atoms with E-state index in [9.17, 15) is 0 Å². The second kappa shape index (κ2) is 5.67. The van der Waals surface area contributed by atoms with Gasteiger partial charge in [-0.15, -0.1) is 0 Å². The van der Waals surface area contributed by atoms with E-state index in [-0.39, 0.29) is 5.54 Å². The molecule has 0 spiro atoms. The first-order valence-corrected chi connectivity index (χ1v) is 7.89. The fourth-order valence-corrected chi connectivity index (χ4v) is 2.84. The maximum absolute atomic E-state index is 4.94. The topological polar surface area (TPSA) is 17.3 Å². The van der Waals surface area contributed by atoms with Crippen LogP contribution in [0.5, 0.6) is 0 Å². The highest BCUT2D eigenvalue weighted by Gasteiger charge is 2.14. The highest BCUT2D eigenvalue weighted by Crippen LogP contribution is 2.26. The van der Waals surface area contributed by atoms with Gasteiger partial charge in [-0.1, -0.05) is 19.4 Å². The molecule has 0 atom stereocenters. The third-order valence-electron chi connectivity index (χ3n) is 4.10. The standard InChI is InChI=1S/C19H28N2/c1-8-9-17(20-19(4,5)6)15-10-11-18-16(12-15)13(2)14(3)21(18)7/h10-12H,8-9H2,1-7H3/b20-17+. The van der Waals surface area contributed by atoms with Crippen LogP contribution in [0.1, 0.15) is 57.4 Å². The Morgan fingerprint density at radius 2 is 1.86 bits per heavy atom. The molecule has 1 aromatic heterocycles. The van der Waals surface area contributed by atoms with Crippen molar-refractivity contribution in [2.24, 2.45) is 12.0 Å². The average molecular weight is 284 g/mol. The minimum atomic E-state index is -0.0267. The van der Waals surface area contributed by atoms with Crippen LogP contribution in [0.4, 0.5) is 0 Å². The quantitative estimate of drug-likeness (QED) is 0.691. The molecule has 0 amide bonds. The summed E-state index contributed by atoms with van der Waals surface area (Å²) in [5.41, 5.74) is 6.50. The summed E-state index contributed by atoms with van der Waals surface area (Å²) >= 11 is 0. The van der Waals surface area contributed by atoms with Crippen LogP contribution < -0.4 is 0 Å². The van der Waals surface area contributed by atoms with Gasteiger partial charge in [0.15, 0.2) is 0 Å². The lowest BCUT2D eigenvalue weighted by Gasteiger charge is -2.16. The molecular weight excluding hydrogens is 256 g/mol. The minimum Gasteiger partial charge on any atom is -0.348 e. The highest BCUT2D eigenvalue weighted by atomic mass is 14.9. The molecule has 0 aliphatic heterocycles. The van der Waals surface area contributed by atoms with Crippen molar-refractivity contribution in [3.8, 4) is 0 Å². The van der Waals surface area contributed by atoms with Crippen LogP contribution in [0.25, 0.3) is 10.9 Å². The van der Waals surface area contributed by atoms with Gasteiger partial charge < -0.3 is 4.57 Å². The molecule has 2 aromatic rings. The summed E-state index contributed by atoms with van der Waals surface area (Å²) in [4.78, 5) is 4.94. The average Bonchev–Trinajstić information content (AvgIpc) is 2.62. The maximum Gasteiger partial charge on any atom is 0.0527 e. The molecule has 21 heavy (non-hydrogen) atoms. The van der Waals surface area contributed by atoms with Crippen molar-refractivity contribution in [3.63, 3.8) is 0 Å². The Morgan fingerprint density at radius 1 is 1.19 bits per heavy atom. The molecule has 2 nitrogen and oxygen atoms in total. The number of rotatable bonds is 3. The highest BCUT2D eigenvalue weighted by molar-refractivity contribution is 6.04. The van der Waals surface area contributed by atoms with Crippen molar-refractivity contribution >= 4 is 16.6 Å². The van der Waals surface area contributed by atoms with Gasteiger partial charge in [-0.05, 0) is 64.3 Å². The lowest BCUT2D eigenvalue weighted by Crippen LogP contribution is -2.15. The fourth-order valence-electron chi connectivity index (χ4n) is 2.84. The van der Waals surface area contributed by atoms with Gasteiger partial charge in [-0.3, -0.25) is 4.99 Å². The number of benzene rings is 1. The molecule has 114 valence electrons. The third-order valence-corrected chi connectivity index (χ3v) is 4.10. The van der Waals surface area contributed by atoms with E-state index in [1.807, 2.05) is 0 Å². The van der Waals surface area contributed by atoms with E-state index < -0.39 is 0 Å². The van der Waals surface area contributed by atoms with Crippen LogP contribution in [0, 0.1) is 13.8 Å². The number of nitrogens with zero attached hydrogens (tertiary/aromatic N) is 2. The van der Waals surface area contributed by atoms with Gasteiger partial charge in [0.25, 0.3) is 0 Å². The summed E-state index contributed by atoms with van der Waals surface area (Å²) in [6.45, 7) is 13.1. The number of aromatic nitrogens is 1. The minimum absolute atomic E-state index is 0.0267. The van der Waals surface area contributed by atoms with Gasteiger partial charge in [0.2, 0.25) is 0 Å². The van der Waals surface area contributed by atoms with Gasteiger partial charge in [-0.2, -0.15) is 0 Å². The Morgan fingerprint density at radius 3 is 2.43 bits per heavy atom. The zero-order valence-corrected chi connectivity index (χ0v) is 14.5. The molecule has 0 saturated heterocycles. The van der Waals surface area contributed by atoms with Crippen molar-refractivity contribution in [1.82, 2.24) is 4.57 Å². The van der Waals surface area contributed by atoms with E-state index >= 15 is 0 Å². The van der Waals surface area contributed by atoms with Crippen molar-refractivity contribution in [1.29, 1.82) is 0 Å². The Kier molecular flexibility index (Phi) is 4.27. The van der Waals surface area contributed by atoms with Crippen molar-refractivity contribution in [2.45, 2.75) is 59.9 Å². The molecule has 0 aliphatic carbocycles. The molecule has 0 fully saturated rings. The van der Waals surface area contributed by atoms with Gasteiger partial charge in [0.1, 0.15) is 0 Å². The number of aliphatic imine (C=N–C) groups is 1. The summed E-state index contributed by atoms with van der Waals surface area (Å²) < 4.78 is 2.27. The van der Waals surface area contributed by atoms with Gasteiger partial charge >= 0.3 is 0 Å². The third kappa shape index (κ3) is 3.20. The molecule has 2 rings (SSSR count). The number of fused-ring (bicyclic) bond motifs is 1. The molecule has 0 unspecified atom stereocenters. The second-order valence-electron chi connectivity index (χ2n) is 6.98. The molecule has 0 N–H and O–H groups in total. The van der Waals surface area contributed by atoms with Gasteiger partial charge in [0, 0.05) is 29.4 Å². The molecule has 0 radical (unpaired) electrons. The van der Waals surface area contributed by atoms with Gasteiger partial charge in [-0.25, -0.2) is 0 Å². The summed E-state index contributed by atoms with van der Waals surface area (Å²) in [7, 11) is 2.14. The predicted molar refractivity (Wildman–Crippen MR) is 93.6 cm³/mol. The SMILES string of the molecule is CCC/C(=N\C(C)(C)C)c1ccc2c(c1)c(C)c(C)n2C. The summed E-state index contributed by atoms with van der Waals surface area (Å²) in [6, 6.07) is 6.78. The van der Waals surface area contributed by atoms with E-state index in [2.05, 4.69) is 71.4 Å². The van der Waals surface area contributed by atoms with Crippen molar-refractivity contribution in [2.75, 3.05) is 0 Å². The smallest absolute Gasteiger partial charge is 0.0527 e. The first-order chi connectivity index (χ1) is 9.74. The van der Waals surface area contributed by atoms with E-state index in [1.54, 1.807) is 0 Å². The molecule has 0 saturated carbocycles. The molecule has 0 aliphatic rings. The molecule has 0 bridgehead atoms. The van der Waals surface area contributed by atoms with Crippen LogP contribution in [-0.2, 0) is 7.05 Å². The Labute approximate surface area is 128 Å². The van der Waals surface area contributed by atoms with E-state index in [4.69, 9.17) is 4.99 Å². The van der Waals surface area contributed by atoms with E-state index in [0.717, 1.165) is 12.8 Å². The van der Waals surface area contributed by atoms with E-state index in [0.29, 0.717) is 0 Å². The largest absolute Gasteiger partial charge is 0.348 e. The normalized spacial score (nSPS) is 13.2. The molecule has 2 heteroatoms. The summed E-state index contributed by atoms with van der Waals surface area (Å²) in [5, 5.41) is 1.35. The zero-order chi connectivity index (χ0) is 15.8. The lowest BCUT2D eigenvalue weighted by atomic mass is 10.0. The number of hydrogen-bond donors (Lipinski definition) is 0. The lowest BCUT2D eigenvalue weighted by molar-refractivity contribution is 0.581. The molecule has 1 heterocycles. The molecular formula is C19H28N2. The van der Waals surface area contributed by atoms with Gasteiger partial charge in [0.05, 0.1) is 5.54 Å². The monoisotopic (exact) mass is 284 g/mol. The Bertz CT molecular complexity index is 682. The number of aryl methyl sites for hydroxylation is 2. The first-order valence-electron chi connectivity index (χ1n) is 7.89. The van der Waals surface area contributed by atoms with Crippen LogP contribution >= 0.6 is 0 Å². The van der Waals surface area contributed by atoms with Crippen molar-refractivity contribution < 1.29 is 0 Å². The van der Waals surface area contributed by atoms with Crippen molar-refractivity contribution in [3.05, 3.63) is 35.0 Å². The summed E-state index contributed by atoms with van der Waals surface area (Å²) in [6.07, 6.45) is 2.16. The summed E-state index contributed by atoms with van der Waals surface area (Å²) in [5.74, 6) is 0. The maximum atomic E-state index is 4.94. The Hall–Kier alpha value is -1.57. The molecule has 1 aromatic carbocycles. The number of hydrogen-bond acceptors (Lipinski definition) is 1. The van der Waals surface area contributed by atoms with Crippen LogP contribution in [0.3, 0.4) is 0 Å².